The Labute approximate surface area is 180 Å². The number of nitrogens with one attached hydrogen (secondary N) is 1. The van der Waals surface area contributed by atoms with E-state index < -0.39 is 27.1 Å². The number of rotatable bonds is 8. The fraction of sp³-hybridized carbons (Fsp3) is 0.143. The number of ether oxygens (including phenoxy) is 1. The summed E-state index contributed by atoms with van der Waals surface area (Å²) >= 11 is 0. The van der Waals surface area contributed by atoms with E-state index in [9.17, 15) is 29.8 Å². The van der Waals surface area contributed by atoms with Gasteiger partial charge in [-0.25, -0.2) is 0 Å². The summed E-state index contributed by atoms with van der Waals surface area (Å²) in [7, 11) is 0. The van der Waals surface area contributed by atoms with E-state index in [0.29, 0.717) is 17.1 Å². The third kappa shape index (κ3) is 4.95. The molecule has 1 amide bonds. The van der Waals surface area contributed by atoms with Crippen molar-refractivity contribution in [2.45, 2.75) is 20.5 Å². The van der Waals surface area contributed by atoms with Gasteiger partial charge in [0.15, 0.2) is 11.5 Å². The van der Waals surface area contributed by atoms with Crippen LogP contribution in [0.3, 0.4) is 0 Å². The molecule has 0 aliphatic carbocycles. The van der Waals surface area contributed by atoms with Crippen molar-refractivity contribution in [2.75, 3.05) is 5.32 Å². The van der Waals surface area contributed by atoms with Crippen LogP contribution in [0.2, 0.25) is 0 Å². The molecule has 2 aromatic carbocycles. The van der Waals surface area contributed by atoms with Crippen LogP contribution in [0.1, 0.15) is 39.2 Å². The zero-order chi connectivity index (χ0) is 23.4. The number of carbonyl (C=O) groups is 2. The van der Waals surface area contributed by atoms with Gasteiger partial charge < -0.3 is 14.5 Å². The van der Waals surface area contributed by atoms with Gasteiger partial charge in [-0.3, -0.25) is 29.8 Å². The largest absolute Gasteiger partial charge is 0.486 e. The number of nitro groups is 2. The number of benzene rings is 2. The summed E-state index contributed by atoms with van der Waals surface area (Å²) in [5.74, 6) is -0.0956. The Morgan fingerprint density at radius 3 is 2.12 bits per heavy atom. The van der Waals surface area contributed by atoms with Gasteiger partial charge in [0.25, 0.3) is 17.3 Å². The summed E-state index contributed by atoms with van der Waals surface area (Å²) in [6.45, 7) is 2.72. The number of furan rings is 1. The molecule has 0 aliphatic heterocycles. The molecule has 0 saturated carbocycles. The lowest BCUT2D eigenvalue weighted by Crippen LogP contribution is -2.12. The van der Waals surface area contributed by atoms with Gasteiger partial charge in [-0.05, 0) is 50.2 Å². The molecular formula is C21H17N3O8. The smallest absolute Gasteiger partial charge is 0.291 e. The number of amides is 1. The van der Waals surface area contributed by atoms with Gasteiger partial charge in [0.05, 0.1) is 15.5 Å². The minimum Gasteiger partial charge on any atom is -0.486 e. The fourth-order valence-corrected chi connectivity index (χ4v) is 2.85. The molecule has 0 spiro atoms. The Kier molecular flexibility index (Phi) is 6.29. The lowest BCUT2D eigenvalue weighted by Gasteiger charge is -2.06. The van der Waals surface area contributed by atoms with Crippen molar-refractivity contribution in [1.82, 2.24) is 0 Å². The first-order valence-electron chi connectivity index (χ1n) is 9.23. The van der Waals surface area contributed by atoms with Crippen LogP contribution >= 0.6 is 0 Å². The molecule has 0 atom stereocenters. The number of ketones is 1. The zero-order valence-electron chi connectivity index (χ0n) is 17.0. The van der Waals surface area contributed by atoms with E-state index in [2.05, 4.69) is 5.32 Å². The van der Waals surface area contributed by atoms with Crippen molar-refractivity contribution in [3.63, 3.8) is 0 Å². The van der Waals surface area contributed by atoms with Crippen LogP contribution in [0.5, 0.6) is 5.75 Å². The second-order valence-corrected chi connectivity index (χ2v) is 6.74. The highest BCUT2D eigenvalue weighted by atomic mass is 16.6. The van der Waals surface area contributed by atoms with Crippen LogP contribution in [0.4, 0.5) is 17.1 Å². The molecule has 0 aliphatic rings. The number of hydrogen-bond donors (Lipinski definition) is 1. The van der Waals surface area contributed by atoms with Crippen LogP contribution in [-0.2, 0) is 6.61 Å². The fourth-order valence-electron chi connectivity index (χ4n) is 2.85. The van der Waals surface area contributed by atoms with Crippen molar-refractivity contribution >= 4 is 28.8 Å². The number of nitrogens with zero attached hydrogens (tertiary/aromatic N) is 2. The van der Waals surface area contributed by atoms with Crippen LogP contribution in [-0.4, -0.2) is 21.5 Å². The molecule has 11 heteroatoms. The Morgan fingerprint density at radius 2 is 1.59 bits per heavy atom. The van der Waals surface area contributed by atoms with Gasteiger partial charge in [0.2, 0.25) is 0 Å². The standard InChI is InChI=1S/C21H17N3O8/c1-12-18(23(27)28)9-15(10-19(12)24(29)30)22-21(26)20-8-7-17(32-20)11-31-16-5-3-14(4-6-16)13(2)25/h3-10H,11H2,1-2H3,(H,22,26). The van der Waals surface area contributed by atoms with Crippen molar-refractivity contribution in [3.05, 3.63) is 91.4 Å². The quantitative estimate of drug-likeness (QED) is 0.307. The highest BCUT2D eigenvalue weighted by Crippen LogP contribution is 2.32. The van der Waals surface area contributed by atoms with E-state index in [4.69, 9.17) is 9.15 Å². The molecule has 3 aromatic rings. The molecule has 32 heavy (non-hydrogen) atoms. The van der Waals surface area contributed by atoms with E-state index in [-0.39, 0.29) is 29.4 Å². The number of anilines is 1. The number of Topliss-reactive ketones (excluding diaryl/α,β-unsaturated/α-hetero) is 1. The first-order valence-corrected chi connectivity index (χ1v) is 9.23. The van der Waals surface area contributed by atoms with Gasteiger partial charge in [-0.2, -0.15) is 0 Å². The highest BCUT2D eigenvalue weighted by molar-refractivity contribution is 6.02. The molecule has 0 unspecified atom stereocenters. The molecule has 0 radical (unpaired) electrons. The normalized spacial score (nSPS) is 10.4. The molecule has 0 fully saturated rings. The molecule has 1 N–H and O–H groups in total. The SMILES string of the molecule is CC(=O)c1ccc(OCc2ccc(C(=O)Nc3cc([N+](=O)[O-])c(C)c([N+](=O)[O-])c3)o2)cc1. The van der Waals surface area contributed by atoms with Crippen molar-refractivity contribution in [3.8, 4) is 5.75 Å². The van der Waals surface area contributed by atoms with Gasteiger partial charge in [0.1, 0.15) is 23.7 Å². The minimum atomic E-state index is -0.761. The molecule has 164 valence electrons. The van der Waals surface area contributed by atoms with Crippen molar-refractivity contribution < 1.29 is 28.6 Å². The zero-order valence-corrected chi connectivity index (χ0v) is 17.0. The van der Waals surface area contributed by atoms with Crippen LogP contribution in [0.25, 0.3) is 0 Å². The van der Waals surface area contributed by atoms with Gasteiger partial charge in [-0.1, -0.05) is 0 Å². The number of carbonyl (C=O) groups excluding carboxylic acids is 2. The average Bonchev–Trinajstić information content (AvgIpc) is 3.22. The van der Waals surface area contributed by atoms with E-state index in [1.165, 1.54) is 26.0 Å². The van der Waals surface area contributed by atoms with Gasteiger partial charge >= 0.3 is 0 Å². The predicted octanol–water partition coefficient (Wildman–Crippen LogP) is 4.44. The van der Waals surface area contributed by atoms with Crippen molar-refractivity contribution in [2.24, 2.45) is 0 Å². The van der Waals surface area contributed by atoms with E-state index in [0.717, 1.165) is 12.1 Å². The maximum absolute atomic E-state index is 12.4. The van der Waals surface area contributed by atoms with E-state index in [1.807, 2.05) is 0 Å². The lowest BCUT2D eigenvalue weighted by molar-refractivity contribution is -0.395. The molecular weight excluding hydrogens is 422 g/mol. The van der Waals surface area contributed by atoms with Crippen LogP contribution < -0.4 is 10.1 Å². The predicted molar refractivity (Wildman–Crippen MR) is 112 cm³/mol. The summed E-state index contributed by atoms with van der Waals surface area (Å²) in [5, 5.41) is 24.7. The monoisotopic (exact) mass is 439 g/mol. The Bertz CT molecular complexity index is 1180. The second kappa shape index (κ2) is 9.08. The number of hydrogen-bond acceptors (Lipinski definition) is 8. The Hall–Kier alpha value is -4.54. The highest BCUT2D eigenvalue weighted by Gasteiger charge is 2.24. The Morgan fingerprint density at radius 1 is 1.00 bits per heavy atom. The van der Waals surface area contributed by atoms with E-state index >= 15 is 0 Å². The average molecular weight is 439 g/mol. The first kappa shape index (κ1) is 22.2. The maximum Gasteiger partial charge on any atom is 0.291 e. The molecule has 0 bridgehead atoms. The first-order chi connectivity index (χ1) is 15.2. The summed E-state index contributed by atoms with van der Waals surface area (Å²) in [4.78, 5) is 44.5. The summed E-state index contributed by atoms with van der Waals surface area (Å²) in [5.41, 5.74) is -0.658. The lowest BCUT2D eigenvalue weighted by atomic mass is 10.1. The van der Waals surface area contributed by atoms with E-state index in [1.54, 1.807) is 24.3 Å². The molecule has 0 saturated heterocycles. The second-order valence-electron chi connectivity index (χ2n) is 6.74. The summed E-state index contributed by atoms with van der Waals surface area (Å²) in [6, 6.07) is 11.5. The molecule has 1 aromatic heterocycles. The third-order valence-corrected chi connectivity index (χ3v) is 4.53. The third-order valence-electron chi connectivity index (χ3n) is 4.53. The number of nitro benzene ring substituents is 2. The maximum atomic E-state index is 12.4. The molecule has 3 rings (SSSR count). The summed E-state index contributed by atoms with van der Waals surface area (Å²) < 4.78 is 11.0. The van der Waals surface area contributed by atoms with Gasteiger partial charge in [0, 0.05) is 17.7 Å². The molecule has 1 heterocycles. The molecule has 11 nitrogen and oxygen atoms in total. The minimum absolute atomic E-state index is 0.00811. The van der Waals surface area contributed by atoms with Crippen molar-refractivity contribution in [1.29, 1.82) is 0 Å². The topological polar surface area (TPSA) is 155 Å². The Balaban J connectivity index is 1.70. The summed E-state index contributed by atoms with van der Waals surface area (Å²) in [6.07, 6.45) is 0. The van der Waals surface area contributed by atoms with Gasteiger partial charge in [-0.15, -0.1) is 0 Å². The van der Waals surface area contributed by atoms with Crippen LogP contribution in [0, 0.1) is 27.2 Å². The van der Waals surface area contributed by atoms with Crippen LogP contribution in [0.15, 0.2) is 52.9 Å².